The smallest absolute Gasteiger partial charge is 0.254 e. The molecule has 0 atom stereocenters. The van der Waals surface area contributed by atoms with E-state index >= 15 is 0 Å². The predicted octanol–water partition coefficient (Wildman–Crippen LogP) is 1.78. The maximum Gasteiger partial charge on any atom is 0.254 e. The molecule has 1 aromatic rings. The first-order valence-corrected chi connectivity index (χ1v) is 4.91. The molecular weight excluding hydrogens is 234 g/mol. The number of carbonyl (C=O) groups excluding carboxylic acids is 1. The third-order valence-electron chi connectivity index (χ3n) is 1.57. The van der Waals surface area contributed by atoms with Gasteiger partial charge in [-0.15, -0.1) is 0 Å². The minimum absolute atomic E-state index is 0.142. The minimum Gasteiger partial charge on any atom is -0.482 e. The zero-order valence-corrected chi connectivity index (χ0v) is 8.80. The molecule has 0 unspecified atom stereocenters. The number of hydrogen-bond donors (Lipinski definition) is 1. The number of alkyl halides is 1. The summed E-state index contributed by atoms with van der Waals surface area (Å²) < 4.78 is 5.22. The van der Waals surface area contributed by atoms with Crippen molar-refractivity contribution in [2.24, 2.45) is 0 Å². The van der Waals surface area contributed by atoms with E-state index in [1.54, 1.807) is 25.2 Å². The average Bonchev–Trinajstić information content (AvgIpc) is 2.18. The fourth-order valence-electron chi connectivity index (χ4n) is 0.974. The Morgan fingerprint density at radius 2 is 2.23 bits per heavy atom. The first-order chi connectivity index (χ1) is 6.29. The quantitative estimate of drug-likeness (QED) is 0.823. The summed E-state index contributed by atoms with van der Waals surface area (Å²) in [6, 6.07) is 7.10. The van der Waals surface area contributed by atoms with E-state index in [0.29, 0.717) is 16.8 Å². The lowest BCUT2D eigenvalue weighted by Crippen LogP contribution is -2.18. The summed E-state index contributed by atoms with van der Waals surface area (Å²) in [5.41, 5.74) is 0.922. The number of rotatable bonds is 3. The molecule has 0 aromatic heterocycles. The van der Waals surface area contributed by atoms with Crippen LogP contribution in [0.2, 0.25) is 0 Å². The molecule has 1 N–H and O–H groups in total. The van der Waals surface area contributed by atoms with Gasteiger partial charge in [0.25, 0.3) is 5.91 Å². The fraction of sp³-hybridized carbons (Fsp3) is 0.222. The van der Waals surface area contributed by atoms with Crippen LogP contribution in [0.4, 0.5) is 0 Å². The predicted molar refractivity (Wildman–Crippen MR) is 54.3 cm³/mol. The molecule has 4 heteroatoms. The number of nitrogens with one attached hydrogen (secondary N) is 1. The van der Waals surface area contributed by atoms with Crippen molar-refractivity contribution in [2.45, 2.75) is 0 Å². The van der Waals surface area contributed by atoms with Crippen LogP contribution >= 0.6 is 15.9 Å². The van der Waals surface area contributed by atoms with E-state index in [-0.39, 0.29) is 5.91 Å². The van der Waals surface area contributed by atoms with E-state index < -0.39 is 0 Å². The molecule has 1 amide bonds. The molecule has 0 fully saturated rings. The first kappa shape index (κ1) is 10.1. The topological polar surface area (TPSA) is 38.3 Å². The molecule has 0 bridgehead atoms. The van der Waals surface area contributed by atoms with E-state index in [1.807, 2.05) is 6.07 Å². The van der Waals surface area contributed by atoms with Gasteiger partial charge >= 0.3 is 0 Å². The molecule has 0 aliphatic rings. The molecule has 0 aliphatic heterocycles. The van der Waals surface area contributed by atoms with Gasteiger partial charge in [-0.05, 0) is 28.1 Å². The standard InChI is InChI=1S/C9H10BrNO2/c1-11-9(12)7-4-2-3-5-8(7)13-6-10/h2-5H,6H2,1H3,(H,11,12). The number of hydrogen-bond acceptors (Lipinski definition) is 2. The van der Waals surface area contributed by atoms with Crippen LogP contribution in [-0.2, 0) is 0 Å². The summed E-state index contributed by atoms with van der Waals surface area (Å²) in [5, 5.41) is 2.55. The highest BCUT2D eigenvalue weighted by Gasteiger charge is 2.08. The second-order valence-corrected chi connectivity index (χ2v) is 2.79. The monoisotopic (exact) mass is 243 g/mol. The molecule has 70 valence electrons. The second kappa shape index (κ2) is 4.87. The highest BCUT2D eigenvalue weighted by atomic mass is 79.9. The van der Waals surface area contributed by atoms with Crippen LogP contribution in [0, 0.1) is 0 Å². The van der Waals surface area contributed by atoms with Crippen molar-refractivity contribution in [3.05, 3.63) is 29.8 Å². The Hall–Kier alpha value is -1.03. The normalized spacial score (nSPS) is 9.38. The Morgan fingerprint density at radius 1 is 1.54 bits per heavy atom. The molecule has 0 aliphatic carbocycles. The maximum absolute atomic E-state index is 11.3. The zero-order chi connectivity index (χ0) is 9.68. The summed E-state index contributed by atoms with van der Waals surface area (Å²) in [6.45, 7) is 0. The van der Waals surface area contributed by atoms with Gasteiger partial charge in [-0.3, -0.25) is 4.79 Å². The largest absolute Gasteiger partial charge is 0.482 e. The third-order valence-corrected chi connectivity index (χ3v) is 1.80. The number of carbonyl (C=O) groups is 1. The van der Waals surface area contributed by atoms with Crippen LogP contribution in [0.3, 0.4) is 0 Å². The number of halogens is 1. The summed E-state index contributed by atoms with van der Waals surface area (Å²) in [4.78, 5) is 11.3. The van der Waals surface area contributed by atoms with Crippen molar-refractivity contribution in [1.29, 1.82) is 0 Å². The van der Waals surface area contributed by atoms with Crippen molar-refractivity contribution < 1.29 is 9.53 Å². The summed E-state index contributed by atoms with van der Waals surface area (Å²) >= 11 is 3.14. The molecule has 0 saturated carbocycles. The molecule has 0 radical (unpaired) electrons. The Labute approximate surface area is 85.2 Å². The van der Waals surface area contributed by atoms with Crippen molar-refractivity contribution in [3.63, 3.8) is 0 Å². The second-order valence-electron chi connectivity index (χ2n) is 2.33. The van der Waals surface area contributed by atoms with Crippen molar-refractivity contribution in [2.75, 3.05) is 12.6 Å². The van der Waals surface area contributed by atoms with Crippen LogP contribution < -0.4 is 10.1 Å². The van der Waals surface area contributed by atoms with Gasteiger partial charge in [0.2, 0.25) is 0 Å². The van der Waals surface area contributed by atoms with E-state index in [1.165, 1.54) is 0 Å². The van der Waals surface area contributed by atoms with Crippen LogP contribution in [0.15, 0.2) is 24.3 Å². The fourth-order valence-corrected chi connectivity index (χ4v) is 1.22. The summed E-state index contributed by atoms with van der Waals surface area (Å²) in [6.07, 6.45) is 0. The number of benzene rings is 1. The molecule has 1 rings (SSSR count). The summed E-state index contributed by atoms with van der Waals surface area (Å²) in [7, 11) is 1.59. The zero-order valence-electron chi connectivity index (χ0n) is 7.21. The van der Waals surface area contributed by atoms with Crippen molar-refractivity contribution >= 4 is 21.8 Å². The first-order valence-electron chi connectivity index (χ1n) is 3.79. The maximum atomic E-state index is 11.3. The Kier molecular flexibility index (Phi) is 3.76. The van der Waals surface area contributed by atoms with Gasteiger partial charge in [-0.25, -0.2) is 0 Å². The SMILES string of the molecule is CNC(=O)c1ccccc1OCBr. The van der Waals surface area contributed by atoms with Gasteiger partial charge < -0.3 is 10.1 Å². The van der Waals surface area contributed by atoms with Crippen molar-refractivity contribution in [1.82, 2.24) is 5.32 Å². The number of para-hydroxylation sites is 1. The van der Waals surface area contributed by atoms with Gasteiger partial charge in [-0.2, -0.15) is 0 Å². The lowest BCUT2D eigenvalue weighted by Gasteiger charge is -2.07. The van der Waals surface area contributed by atoms with Gasteiger partial charge in [-0.1, -0.05) is 12.1 Å². The highest BCUT2D eigenvalue weighted by Crippen LogP contribution is 2.17. The molecule has 0 spiro atoms. The lowest BCUT2D eigenvalue weighted by molar-refractivity contribution is 0.0960. The average molecular weight is 244 g/mol. The minimum atomic E-state index is -0.142. The Bertz CT molecular complexity index is 301. The van der Waals surface area contributed by atoms with Crippen LogP contribution in [0.1, 0.15) is 10.4 Å². The highest BCUT2D eigenvalue weighted by molar-refractivity contribution is 9.09. The third kappa shape index (κ3) is 2.45. The van der Waals surface area contributed by atoms with Gasteiger partial charge in [0.15, 0.2) is 0 Å². The summed E-state index contributed by atoms with van der Waals surface area (Å²) in [5.74, 6) is 0.440. The van der Waals surface area contributed by atoms with Crippen LogP contribution in [0.25, 0.3) is 0 Å². The van der Waals surface area contributed by atoms with Crippen molar-refractivity contribution in [3.8, 4) is 5.75 Å². The van der Waals surface area contributed by atoms with E-state index in [0.717, 1.165) is 0 Å². The van der Waals surface area contributed by atoms with E-state index in [4.69, 9.17) is 4.74 Å². The molecule has 13 heavy (non-hydrogen) atoms. The number of amides is 1. The lowest BCUT2D eigenvalue weighted by atomic mass is 10.2. The van der Waals surface area contributed by atoms with Gasteiger partial charge in [0.1, 0.15) is 11.3 Å². The molecule has 3 nitrogen and oxygen atoms in total. The molecule has 0 saturated heterocycles. The number of ether oxygens (including phenoxy) is 1. The Balaban J connectivity index is 2.97. The Morgan fingerprint density at radius 3 is 2.85 bits per heavy atom. The van der Waals surface area contributed by atoms with Crippen LogP contribution in [-0.4, -0.2) is 18.5 Å². The molecular formula is C9H10BrNO2. The van der Waals surface area contributed by atoms with Gasteiger partial charge in [0.05, 0.1) is 5.56 Å². The molecule has 0 heterocycles. The molecule has 1 aromatic carbocycles. The van der Waals surface area contributed by atoms with Crippen LogP contribution in [0.5, 0.6) is 5.75 Å². The van der Waals surface area contributed by atoms with Gasteiger partial charge in [0, 0.05) is 7.05 Å². The van der Waals surface area contributed by atoms with E-state index in [2.05, 4.69) is 21.2 Å². The van der Waals surface area contributed by atoms with E-state index in [9.17, 15) is 4.79 Å².